The van der Waals surface area contributed by atoms with Crippen molar-refractivity contribution in [3.05, 3.63) is 155 Å². The van der Waals surface area contributed by atoms with Gasteiger partial charge in [-0.05, 0) is 189 Å². The predicted molar refractivity (Wildman–Crippen MR) is 371 cm³/mol. The number of fused-ring (bicyclic) bond motifs is 8. The van der Waals surface area contributed by atoms with Gasteiger partial charge in [-0.2, -0.15) is 0 Å². The summed E-state index contributed by atoms with van der Waals surface area (Å²) in [4.78, 5) is 0. The number of rotatable bonds is 8. The topological polar surface area (TPSA) is 0 Å². The molecule has 0 N–H and O–H groups in total. The molecule has 0 aliphatic heterocycles. The second-order valence-electron chi connectivity index (χ2n) is 30.8. The van der Waals surface area contributed by atoms with Crippen molar-refractivity contribution in [3.63, 3.8) is 0 Å². The van der Waals surface area contributed by atoms with Crippen molar-refractivity contribution in [2.24, 2.45) is 0 Å². The summed E-state index contributed by atoms with van der Waals surface area (Å²) in [6.45, 7) is 57.7. The Morgan fingerprint density at radius 3 is 0.768 bits per heavy atom. The first-order valence-electron chi connectivity index (χ1n) is 31.3. The Morgan fingerprint density at radius 2 is 0.524 bits per heavy atom. The van der Waals surface area contributed by atoms with Crippen LogP contribution in [0.4, 0.5) is 0 Å². The van der Waals surface area contributed by atoms with Gasteiger partial charge in [0.25, 0.3) is 0 Å². The van der Waals surface area contributed by atoms with Gasteiger partial charge in [0.15, 0.2) is 0 Å². The lowest BCUT2D eigenvalue weighted by atomic mass is 9.78. The van der Waals surface area contributed by atoms with Crippen molar-refractivity contribution in [2.75, 3.05) is 0 Å². The van der Waals surface area contributed by atoms with Crippen LogP contribution in [0.2, 0.25) is 33.2 Å². The molecule has 5 aromatic rings. The fourth-order valence-corrected chi connectivity index (χ4v) is 25.3. The van der Waals surface area contributed by atoms with Crippen molar-refractivity contribution in [1.82, 2.24) is 0 Å². The van der Waals surface area contributed by atoms with Gasteiger partial charge >= 0.3 is 0 Å². The number of hydrogen-bond acceptors (Lipinski definition) is 0. The monoisotopic (exact) mass is 1110 g/mol. The predicted octanol–water partition coefficient (Wildman–Crippen LogP) is 24.2. The van der Waals surface area contributed by atoms with Crippen LogP contribution in [0.5, 0.6) is 0 Å². The van der Waals surface area contributed by atoms with Gasteiger partial charge in [-0.3, -0.25) is 0 Å². The Morgan fingerprint density at radius 1 is 0.280 bits per heavy atom. The Balaban J connectivity index is 1.60. The van der Waals surface area contributed by atoms with E-state index < -0.39 is 16.1 Å². The zero-order chi connectivity index (χ0) is 60.1. The van der Waals surface area contributed by atoms with E-state index in [1.165, 1.54) is 110 Å². The standard InChI is InChI=1S/C80H98Si2/c1-49(2)81(50(3)4,51(5)6)37-35-63-67-45-71-61-31-27-25-29-33-65(61)76(56-41-59(79(19,20)21)44-60(42-56)80(22,23)24)74(71)48-70(67)64(36-38-82(52(7)8,53(9)10)54(11)12)68-46-72-62-32-28-26-30-34-66(62)75(73(72)47-69(63)68)55-39-57(77(13,14)15)43-58(40-55)78(16,17)18/h25-34,39-54H,1-24H3. The van der Waals surface area contributed by atoms with Crippen LogP contribution in [-0.2, 0) is 21.7 Å². The van der Waals surface area contributed by atoms with Gasteiger partial charge < -0.3 is 0 Å². The minimum atomic E-state index is -2.25. The molecular formula is C80H98Si2. The molecule has 0 aromatic heterocycles. The fraction of sp³-hybridized carbons (Fsp3) is 0.425. The van der Waals surface area contributed by atoms with Crippen LogP contribution in [0.25, 0.3) is 87.6 Å². The van der Waals surface area contributed by atoms with Crippen LogP contribution in [0.1, 0.15) is 200 Å². The van der Waals surface area contributed by atoms with E-state index in [9.17, 15) is 0 Å². The first kappa shape index (κ1) is 60.7. The summed E-state index contributed by atoms with van der Waals surface area (Å²) >= 11 is 0. The van der Waals surface area contributed by atoms with E-state index in [0.717, 1.165) is 11.1 Å². The van der Waals surface area contributed by atoms with Crippen molar-refractivity contribution in [2.45, 2.75) is 221 Å². The molecule has 0 nitrogen and oxygen atoms in total. The van der Waals surface area contributed by atoms with E-state index in [1.54, 1.807) is 0 Å². The van der Waals surface area contributed by atoms with Crippen molar-refractivity contribution in [3.8, 4) is 67.4 Å². The van der Waals surface area contributed by atoms with E-state index in [0.29, 0.717) is 33.2 Å². The lowest BCUT2D eigenvalue weighted by Gasteiger charge is -2.38. The Labute approximate surface area is 499 Å². The fourth-order valence-electron chi connectivity index (χ4n) is 14.8. The summed E-state index contributed by atoms with van der Waals surface area (Å²) in [7, 11) is -4.50. The van der Waals surface area contributed by atoms with Gasteiger partial charge in [0.05, 0.1) is 0 Å². The van der Waals surface area contributed by atoms with E-state index in [2.05, 4.69) is 310 Å². The molecule has 0 spiro atoms. The highest BCUT2D eigenvalue weighted by Gasteiger charge is 2.43. The first-order valence-corrected chi connectivity index (χ1v) is 35.7. The lowest BCUT2D eigenvalue weighted by Crippen LogP contribution is -2.43. The smallest absolute Gasteiger partial charge is 0.125 e. The van der Waals surface area contributed by atoms with Gasteiger partial charge in [-0.15, -0.1) is 11.1 Å². The van der Waals surface area contributed by atoms with Crippen LogP contribution < -0.4 is 0 Å². The van der Waals surface area contributed by atoms with E-state index in [4.69, 9.17) is 0 Å². The molecule has 0 heterocycles. The molecule has 0 fully saturated rings. The van der Waals surface area contributed by atoms with Crippen LogP contribution in [-0.4, -0.2) is 16.1 Å². The molecule has 0 unspecified atom stereocenters. The molecule has 0 amide bonds. The Kier molecular flexibility index (Phi) is 16.0. The Bertz CT molecular complexity index is 3610. The van der Waals surface area contributed by atoms with Gasteiger partial charge in [-0.25, -0.2) is 0 Å². The molecule has 9 rings (SSSR count). The lowest BCUT2D eigenvalue weighted by molar-refractivity contribution is 0.568. The van der Waals surface area contributed by atoms with Gasteiger partial charge in [0.2, 0.25) is 0 Å². The highest BCUT2D eigenvalue weighted by molar-refractivity contribution is 6.91. The van der Waals surface area contributed by atoms with Crippen LogP contribution in [0.15, 0.2) is 121 Å². The minimum Gasteiger partial charge on any atom is -0.125 e. The molecule has 0 saturated carbocycles. The second-order valence-corrected chi connectivity index (χ2v) is 41.9. The average Bonchev–Trinajstić information content (AvgIpc) is 2.31. The summed E-state index contributed by atoms with van der Waals surface area (Å²) in [5, 5.41) is 9.92. The van der Waals surface area contributed by atoms with E-state index in [-0.39, 0.29) is 21.7 Å². The largest absolute Gasteiger partial charge is 0.146 e. The maximum atomic E-state index is 4.35. The molecule has 4 aliphatic rings. The SMILES string of the molecule is CC(C)[Si](C#Cc1c2cc3c4cccccc-4c(-c4cc(C(C)(C)C)cc(C(C)(C)C)c4)c3cc2c(C#C[Si](C(C)C)(C(C)C)C(C)C)c2cc3c4cccccc-4c(-c4cc(C(C)(C)C)cc(C(C)(C)C)c4)c3cc12)(C(C)C)C(C)C. The molecule has 0 atom stereocenters. The third kappa shape index (κ3) is 10.5. The van der Waals surface area contributed by atoms with E-state index in [1.807, 2.05) is 0 Å². The summed E-state index contributed by atoms with van der Waals surface area (Å²) < 4.78 is 0. The van der Waals surface area contributed by atoms with Gasteiger partial charge in [0.1, 0.15) is 16.1 Å². The average molecular weight is 1120 g/mol. The summed E-state index contributed by atoms with van der Waals surface area (Å²) in [5.74, 6) is 8.54. The first-order chi connectivity index (χ1) is 38.1. The summed E-state index contributed by atoms with van der Waals surface area (Å²) in [6, 6.07) is 48.0. The van der Waals surface area contributed by atoms with Crippen LogP contribution >= 0.6 is 0 Å². The second kappa shape index (κ2) is 21.6. The third-order valence-electron chi connectivity index (χ3n) is 19.6. The quantitative estimate of drug-likeness (QED) is 0.0808. The van der Waals surface area contributed by atoms with Crippen LogP contribution in [0.3, 0.4) is 0 Å². The van der Waals surface area contributed by atoms with E-state index >= 15 is 0 Å². The van der Waals surface area contributed by atoms with Gasteiger partial charge in [0, 0.05) is 11.1 Å². The molecule has 426 valence electrons. The third-order valence-corrected chi connectivity index (χ3v) is 32.2. The number of benzene rings is 5. The zero-order valence-corrected chi connectivity index (χ0v) is 57.0. The molecule has 4 aliphatic carbocycles. The molecular weight excluding hydrogens is 1020 g/mol. The normalized spacial score (nSPS) is 13.3. The Hall–Kier alpha value is -5.91. The molecule has 2 heteroatoms. The zero-order valence-electron chi connectivity index (χ0n) is 55.0. The summed E-state index contributed by atoms with van der Waals surface area (Å²) in [6.07, 6.45) is 0. The van der Waals surface area contributed by atoms with Crippen molar-refractivity contribution in [1.29, 1.82) is 0 Å². The molecule has 82 heavy (non-hydrogen) atoms. The molecule has 0 saturated heterocycles. The summed E-state index contributed by atoms with van der Waals surface area (Å²) in [5.41, 5.74) is 29.3. The molecule has 5 aromatic carbocycles. The van der Waals surface area contributed by atoms with Crippen molar-refractivity contribution >= 4 is 59.2 Å². The maximum Gasteiger partial charge on any atom is 0.146 e. The van der Waals surface area contributed by atoms with Crippen molar-refractivity contribution < 1.29 is 0 Å². The highest BCUT2D eigenvalue weighted by atomic mass is 28.3. The van der Waals surface area contributed by atoms with Gasteiger partial charge in [-0.1, -0.05) is 275 Å². The molecule has 0 bridgehead atoms. The van der Waals surface area contributed by atoms with Crippen LogP contribution in [0, 0.1) is 22.9 Å². The highest BCUT2D eigenvalue weighted by Crippen LogP contribution is 2.53. The molecule has 0 radical (unpaired) electrons. The number of hydrogen-bond donors (Lipinski definition) is 0. The minimum absolute atomic E-state index is 0.0432. The maximum absolute atomic E-state index is 4.35.